The zero-order valence-corrected chi connectivity index (χ0v) is 15.6. The molecule has 1 aromatic carbocycles. The van der Waals surface area contributed by atoms with E-state index >= 15 is 0 Å². The molecule has 0 unspecified atom stereocenters. The Labute approximate surface area is 154 Å². The van der Waals surface area contributed by atoms with Crippen LogP contribution in [0.5, 0.6) is 0 Å². The minimum Gasteiger partial charge on any atom is -0.443 e. The van der Waals surface area contributed by atoms with E-state index in [4.69, 9.17) is 14.2 Å². The van der Waals surface area contributed by atoms with Gasteiger partial charge in [-0.25, -0.2) is 14.3 Å². The number of carbonyl (C=O) groups is 1. The van der Waals surface area contributed by atoms with Crippen LogP contribution in [-0.4, -0.2) is 34.0 Å². The molecule has 0 radical (unpaired) electrons. The molecule has 0 spiro atoms. The third kappa shape index (κ3) is 5.16. The van der Waals surface area contributed by atoms with Crippen LogP contribution >= 0.6 is 0 Å². The summed E-state index contributed by atoms with van der Waals surface area (Å²) < 4.78 is 18.5. The van der Waals surface area contributed by atoms with Crippen molar-refractivity contribution in [2.75, 3.05) is 6.61 Å². The lowest BCUT2D eigenvalue weighted by atomic mass is 10.1. The van der Waals surface area contributed by atoms with Gasteiger partial charge in [-0.15, -0.1) is 0 Å². The van der Waals surface area contributed by atoms with Gasteiger partial charge in [0.05, 0.1) is 25.0 Å². The topological polar surface area (TPSA) is 62.6 Å². The van der Waals surface area contributed by atoms with Gasteiger partial charge in [0, 0.05) is 6.20 Å². The lowest BCUT2D eigenvalue weighted by molar-refractivity contribution is -0.0215. The zero-order chi connectivity index (χ0) is 18.6. The maximum atomic E-state index is 12.1. The highest BCUT2D eigenvalue weighted by molar-refractivity contribution is 5.70. The number of hydrogen-bond acceptors (Lipinski definition) is 5. The van der Waals surface area contributed by atoms with Crippen LogP contribution in [0.4, 0.5) is 4.79 Å². The predicted molar refractivity (Wildman–Crippen MR) is 96.8 cm³/mol. The molecule has 1 aromatic heterocycles. The molecule has 6 nitrogen and oxygen atoms in total. The van der Waals surface area contributed by atoms with Gasteiger partial charge in [0.1, 0.15) is 18.0 Å². The van der Waals surface area contributed by atoms with Crippen molar-refractivity contribution in [3.8, 4) is 0 Å². The number of ether oxygens (including phenoxy) is 3. The first kappa shape index (κ1) is 18.6. The van der Waals surface area contributed by atoms with Crippen molar-refractivity contribution in [3.63, 3.8) is 0 Å². The van der Waals surface area contributed by atoms with Crippen LogP contribution in [0.3, 0.4) is 0 Å². The number of benzene rings is 1. The molecule has 0 bridgehead atoms. The Balaban J connectivity index is 1.47. The summed E-state index contributed by atoms with van der Waals surface area (Å²) in [7, 11) is 0. The van der Waals surface area contributed by atoms with Gasteiger partial charge in [-0.05, 0) is 39.2 Å². The fourth-order valence-electron chi connectivity index (χ4n) is 2.85. The summed E-state index contributed by atoms with van der Waals surface area (Å²) >= 11 is 0. The highest BCUT2D eigenvalue weighted by Gasteiger charge is 2.29. The van der Waals surface area contributed by atoms with Gasteiger partial charge < -0.3 is 14.2 Å². The molecule has 2 atom stereocenters. The van der Waals surface area contributed by atoms with E-state index in [9.17, 15) is 4.79 Å². The van der Waals surface area contributed by atoms with Gasteiger partial charge in [-0.2, -0.15) is 0 Å². The summed E-state index contributed by atoms with van der Waals surface area (Å²) in [6.45, 7) is 6.64. The molecule has 1 saturated heterocycles. The van der Waals surface area contributed by atoms with E-state index in [1.165, 1.54) is 10.9 Å². The quantitative estimate of drug-likeness (QED) is 0.805. The van der Waals surface area contributed by atoms with Gasteiger partial charge in [-0.1, -0.05) is 30.3 Å². The first-order valence-electron chi connectivity index (χ1n) is 8.95. The second-order valence-electron chi connectivity index (χ2n) is 7.51. The van der Waals surface area contributed by atoms with Gasteiger partial charge in [0.2, 0.25) is 0 Å². The summed E-state index contributed by atoms with van der Waals surface area (Å²) in [6.07, 6.45) is 4.46. The molecule has 0 aliphatic carbocycles. The van der Waals surface area contributed by atoms with Crippen molar-refractivity contribution >= 4 is 6.09 Å². The third-order valence-electron chi connectivity index (χ3n) is 4.06. The summed E-state index contributed by atoms with van der Waals surface area (Å²) in [6, 6.07) is 10.1. The molecular weight excluding hydrogens is 332 g/mol. The molecule has 6 heteroatoms. The smallest absolute Gasteiger partial charge is 0.419 e. The fourth-order valence-corrected chi connectivity index (χ4v) is 2.85. The number of nitrogens with zero attached hydrogens (tertiary/aromatic N) is 2. The van der Waals surface area contributed by atoms with E-state index in [1.807, 2.05) is 51.1 Å². The first-order chi connectivity index (χ1) is 12.4. The van der Waals surface area contributed by atoms with E-state index in [0.717, 1.165) is 24.1 Å². The normalized spacial score (nSPS) is 20.3. The van der Waals surface area contributed by atoms with Gasteiger partial charge in [0.25, 0.3) is 0 Å². The molecular formula is C20H26N2O4. The second kappa shape index (κ2) is 8.01. The number of imidazole rings is 1. The fraction of sp³-hybridized carbons (Fsp3) is 0.500. The Hall–Kier alpha value is -2.18. The number of aromatic nitrogens is 2. The standard InChI is InChI=1S/C20H26N2O4/c1-20(2,3)26-19(23)22-11-17(21-14-22)18-10-9-16(25-18)13-24-12-15-7-5-4-6-8-15/h4-8,11,14,16,18H,9-10,12-13H2,1-3H3/t16-,18-/m1/s1. The van der Waals surface area contributed by atoms with E-state index in [0.29, 0.717) is 13.2 Å². The van der Waals surface area contributed by atoms with Crippen molar-refractivity contribution < 1.29 is 19.0 Å². The molecule has 0 N–H and O–H groups in total. The van der Waals surface area contributed by atoms with Crippen LogP contribution in [0.1, 0.15) is 51.0 Å². The molecule has 1 aliphatic rings. The van der Waals surface area contributed by atoms with E-state index in [2.05, 4.69) is 4.98 Å². The molecule has 2 aromatic rings. The Kier molecular flexibility index (Phi) is 5.74. The number of rotatable bonds is 5. The lowest BCUT2D eigenvalue weighted by Gasteiger charge is -2.19. The molecule has 1 aliphatic heterocycles. The summed E-state index contributed by atoms with van der Waals surface area (Å²) in [5, 5.41) is 0. The molecule has 1 fully saturated rings. The van der Waals surface area contributed by atoms with E-state index in [1.54, 1.807) is 6.20 Å². The largest absolute Gasteiger partial charge is 0.443 e. The maximum Gasteiger partial charge on any atom is 0.419 e. The molecule has 0 amide bonds. The molecule has 26 heavy (non-hydrogen) atoms. The minimum absolute atomic E-state index is 0.0513. The average molecular weight is 358 g/mol. The molecule has 140 valence electrons. The minimum atomic E-state index is -0.535. The monoisotopic (exact) mass is 358 g/mol. The average Bonchev–Trinajstić information content (AvgIpc) is 3.23. The number of carbonyl (C=O) groups excluding carboxylic acids is 1. The molecule has 0 saturated carbocycles. The summed E-state index contributed by atoms with van der Waals surface area (Å²) in [4.78, 5) is 16.4. The van der Waals surface area contributed by atoms with Crippen molar-refractivity contribution in [2.45, 2.75) is 58.0 Å². The van der Waals surface area contributed by atoms with Crippen molar-refractivity contribution in [2.24, 2.45) is 0 Å². The van der Waals surface area contributed by atoms with Gasteiger partial charge in [-0.3, -0.25) is 0 Å². The Morgan fingerprint density at radius 2 is 2.04 bits per heavy atom. The Morgan fingerprint density at radius 3 is 2.77 bits per heavy atom. The van der Waals surface area contributed by atoms with Crippen LogP contribution in [-0.2, 0) is 20.8 Å². The van der Waals surface area contributed by atoms with Crippen LogP contribution in [0.2, 0.25) is 0 Å². The van der Waals surface area contributed by atoms with Crippen LogP contribution in [0.25, 0.3) is 0 Å². The van der Waals surface area contributed by atoms with Crippen LogP contribution in [0, 0.1) is 0 Å². The first-order valence-corrected chi connectivity index (χ1v) is 8.95. The Morgan fingerprint density at radius 1 is 1.27 bits per heavy atom. The van der Waals surface area contributed by atoms with Crippen molar-refractivity contribution in [1.82, 2.24) is 9.55 Å². The van der Waals surface area contributed by atoms with E-state index in [-0.39, 0.29) is 12.2 Å². The second-order valence-corrected chi connectivity index (χ2v) is 7.51. The molecule has 2 heterocycles. The lowest BCUT2D eigenvalue weighted by Crippen LogP contribution is -2.26. The van der Waals surface area contributed by atoms with Crippen molar-refractivity contribution in [1.29, 1.82) is 0 Å². The van der Waals surface area contributed by atoms with Gasteiger partial charge >= 0.3 is 6.09 Å². The number of hydrogen-bond donors (Lipinski definition) is 0. The SMILES string of the molecule is CC(C)(C)OC(=O)n1cnc([C@H]2CC[C@H](COCc3ccccc3)O2)c1. The zero-order valence-electron chi connectivity index (χ0n) is 15.6. The third-order valence-corrected chi connectivity index (χ3v) is 4.06. The highest BCUT2D eigenvalue weighted by Crippen LogP contribution is 2.32. The summed E-state index contributed by atoms with van der Waals surface area (Å²) in [5.41, 5.74) is 1.37. The summed E-state index contributed by atoms with van der Waals surface area (Å²) in [5.74, 6) is 0. The maximum absolute atomic E-state index is 12.1. The van der Waals surface area contributed by atoms with E-state index < -0.39 is 11.7 Å². The Bertz CT molecular complexity index is 721. The molecule has 3 rings (SSSR count). The van der Waals surface area contributed by atoms with Gasteiger partial charge in [0.15, 0.2) is 0 Å². The highest BCUT2D eigenvalue weighted by atomic mass is 16.6. The van der Waals surface area contributed by atoms with Crippen molar-refractivity contribution in [3.05, 3.63) is 54.1 Å². The van der Waals surface area contributed by atoms with Crippen LogP contribution < -0.4 is 0 Å². The predicted octanol–water partition coefficient (Wildman–Crippen LogP) is 4.10. The van der Waals surface area contributed by atoms with Crippen LogP contribution in [0.15, 0.2) is 42.9 Å².